The Bertz CT molecular complexity index is 716. The van der Waals surface area contributed by atoms with Crippen molar-refractivity contribution in [3.8, 4) is 5.75 Å². The summed E-state index contributed by atoms with van der Waals surface area (Å²) in [6.45, 7) is 3.15. The van der Waals surface area contributed by atoms with Crippen molar-refractivity contribution in [2.45, 2.75) is 44.2 Å². The molecule has 1 saturated heterocycles. The summed E-state index contributed by atoms with van der Waals surface area (Å²) in [6.07, 6.45) is 6.77. The standard InChI is InChI=1S/C20H26N4O/c1-25-18-6-2-4-15(12-18)13-24-11-3-5-17(14-24)22-19-9-10-21-20(23-19)16-7-8-16/h2,4,6,9-10,12,16-17H,3,5,7-8,11,13-14H2,1H3,(H,21,22,23). The van der Waals surface area contributed by atoms with Gasteiger partial charge in [-0.2, -0.15) is 0 Å². The van der Waals surface area contributed by atoms with Crippen LogP contribution in [0.3, 0.4) is 0 Å². The van der Waals surface area contributed by atoms with Crippen LogP contribution in [0.2, 0.25) is 0 Å². The Morgan fingerprint density at radius 1 is 1.24 bits per heavy atom. The third-order valence-electron chi connectivity index (χ3n) is 5.01. The van der Waals surface area contributed by atoms with Crippen molar-refractivity contribution in [2.75, 3.05) is 25.5 Å². The quantitative estimate of drug-likeness (QED) is 0.874. The van der Waals surface area contributed by atoms with Gasteiger partial charge in [-0.1, -0.05) is 12.1 Å². The first-order valence-corrected chi connectivity index (χ1v) is 9.25. The molecular weight excluding hydrogens is 312 g/mol. The third-order valence-corrected chi connectivity index (χ3v) is 5.01. The molecule has 0 amide bonds. The summed E-state index contributed by atoms with van der Waals surface area (Å²) in [5.74, 6) is 3.51. The van der Waals surface area contributed by atoms with Crippen LogP contribution in [0, 0.1) is 0 Å². The molecule has 1 atom stereocenters. The summed E-state index contributed by atoms with van der Waals surface area (Å²) in [5.41, 5.74) is 1.30. The maximum Gasteiger partial charge on any atom is 0.133 e. The van der Waals surface area contributed by atoms with Gasteiger partial charge in [0.15, 0.2) is 0 Å². The second kappa shape index (κ2) is 7.40. The molecule has 2 heterocycles. The fourth-order valence-corrected chi connectivity index (χ4v) is 3.55. The first-order chi connectivity index (χ1) is 12.3. The molecule has 1 N–H and O–H groups in total. The van der Waals surface area contributed by atoms with Gasteiger partial charge in [0.2, 0.25) is 0 Å². The molecule has 2 aromatic rings. The number of ether oxygens (including phenoxy) is 1. The van der Waals surface area contributed by atoms with Gasteiger partial charge in [0.05, 0.1) is 7.11 Å². The number of benzene rings is 1. The topological polar surface area (TPSA) is 50.3 Å². The van der Waals surface area contributed by atoms with Gasteiger partial charge in [-0.15, -0.1) is 0 Å². The van der Waals surface area contributed by atoms with Gasteiger partial charge in [0.1, 0.15) is 17.4 Å². The second-order valence-electron chi connectivity index (χ2n) is 7.14. The van der Waals surface area contributed by atoms with Gasteiger partial charge in [-0.3, -0.25) is 4.90 Å². The number of rotatable bonds is 6. The SMILES string of the molecule is COc1cccc(CN2CCCC(Nc3ccnc(C4CC4)n3)C2)c1. The van der Waals surface area contributed by atoms with E-state index in [9.17, 15) is 0 Å². The predicted octanol–water partition coefficient (Wildman–Crippen LogP) is 3.44. The van der Waals surface area contributed by atoms with Gasteiger partial charge < -0.3 is 10.1 Å². The lowest BCUT2D eigenvalue weighted by atomic mass is 10.0. The van der Waals surface area contributed by atoms with Gasteiger partial charge >= 0.3 is 0 Å². The zero-order valence-electron chi connectivity index (χ0n) is 14.8. The summed E-state index contributed by atoms with van der Waals surface area (Å²) in [5, 5.41) is 3.62. The molecule has 1 aromatic heterocycles. The van der Waals surface area contributed by atoms with E-state index in [1.54, 1.807) is 7.11 Å². The van der Waals surface area contributed by atoms with E-state index < -0.39 is 0 Å². The summed E-state index contributed by atoms with van der Waals surface area (Å²) < 4.78 is 5.33. The van der Waals surface area contributed by atoms with Crippen molar-refractivity contribution in [1.29, 1.82) is 0 Å². The number of hydrogen-bond donors (Lipinski definition) is 1. The molecule has 1 aromatic carbocycles. The molecule has 5 heteroatoms. The summed E-state index contributed by atoms with van der Waals surface area (Å²) in [4.78, 5) is 11.6. The molecule has 1 saturated carbocycles. The molecule has 2 fully saturated rings. The van der Waals surface area contributed by atoms with Gasteiger partial charge in [-0.05, 0) is 56.0 Å². The highest BCUT2D eigenvalue weighted by Gasteiger charge is 2.27. The largest absolute Gasteiger partial charge is 0.497 e. The second-order valence-corrected chi connectivity index (χ2v) is 7.14. The number of nitrogens with zero attached hydrogens (tertiary/aromatic N) is 3. The molecule has 4 rings (SSSR count). The Morgan fingerprint density at radius 2 is 2.16 bits per heavy atom. The van der Waals surface area contributed by atoms with Crippen molar-refractivity contribution in [3.05, 3.63) is 47.9 Å². The van der Waals surface area contributed by atoms with E-state index >= 15 is 0 Å². The highest BCUT2D eigenvalue weighted by atomic mass is 16.5. The zero-order valence-corrected chi connectivity index (χ0v) is 14.8. The van der Waals surface area contributed by atoms with Crippen LogP contribution >= 0.6 is 0 Å². The van der Waals surface area contributed by atoms with Crippen molar-refractivity contribution < 1.29 is 4.74 Å². The molecule has 0 spiro atoms. The molecule has 1 unspecified atom stereocenters. The number of aromatic nitrogens is 2. The number of likely N-dealkylation sites (tertiary alicyclic amines) is 1. The summed E-state index contributed by atoms with van der Waals surface area (Å²) in [7, 11) is 1.72. The first kappa shape index (κ1) is 16.3. The van der Waals surface area contributed by atoms with Crippen molar-refractivity contribution in [3.63, 3.8) is 0 Å². The Kier molecular flexibility index (Phi) is 4.83. The third kappa shape index (κ3) is 4.28. The molecule has 2 aliphatic rings. The summed E-state index contributed by atoms with van der Waals surface area (Å²) >= 11 is 0. The van der Waals surface area contributed by atoms with Crippen LogP contribution in [0.25, 0.3) is 0 Å². The highest BCUT2D eigenvalue weighted by molar-refractivity contribution is 5.35. The fraction of sp³-hybridized carbons (Fsp3) is 0.500. The van der Waals surface area contributed by atoms with Crippen LogP contribution in [-0.2, 0) is 6.54 Å². The zero-order chi connectivity index (χ0) is 17.1. The minimum atomic E-state index is 0.446. The lowest BCUT2D eigenvalue weighted by Crippen LogP contribution is -2.41. The van der Waals surface area contributed by atoms with Crippen molar-refractivity contribution in [2.24, 2.45) is 0 Å². The van der Waals surface area contributed by atoms with Crippen LogP contribution in [0.5, 0.6) is 5.75 Å². The number of hydrogen-bond acceptors (Lipinski definition) is 5. The predicted molar refractivity (Wildman–Crippen MR) is 98.9 cm³/mol. The van der Waals surface area contributed by atoms with Crippen molar-refractivity contribution >= 4 is 5.82 Å². The van der Waals surface area contributed by atoms with E-state index in [-0.39, 0.29) is 0 Å². The minimum Gasteiger partial charge on any atom is -0.497 e. The number of piperidine rings is 1. The van der Waals surface area contributed by atoms with Crippen LogP contribution in [0.1, 0.15) is 43.0 Å². The van der Waals surface area contributed by atoms with Crippen LogP contribution in [-0.4, -0.2) is 41.1 Å². The minimum absolute atomic E-state index is 0.446. The first-order valence-electron chi connectivity index (χ1n) is 9.25. The van der Waals surface area contributed by atoms with Gasteiger partial charge in [-0.25, -0.2) is 9.97 Å². The normalized spacial score (nSPS) is 21.1. The average molecular weight is 338 g/mol. The smallest absolute Gasteiger partial charge is 0.133 e. The van der Waals surface area contributed by atoms with Gasteiger partial charge in [0, 0.05) is 31.2 Å². The van der Waals surface area contributed by atoms with E-state index in [4.69, 9.17) is 9.72 Å². The Balaban J connectivity index is 1.36. The lowest BCUT2D eigenvalue weighted by Gasteiger charge is -2.33. The number of anilines is 1. The molecule has 132 valence electrons. The highest BCUT2D eigenvalue weighted by Crippen LogP contribution is 2.38. The fourth-order valence-electron chi connectivity index (χ4n) is 3.55. The average Bonchev–Trinajstić information content (AvgIpc) is 3.48. The molecular formula is C20H26N4O. The van der Waals surface area contributed by atoms with Gasteiger partial charge in [0.25, 0.3) is 0 Å². The van der Waals surface area contributed by atoms with E-state index in [1.165, 1.54) is 31.2 Å². The van der Waals surface area contributed by atoms with E-state index in [0.717, 1.165) is 37.0 Å². The Hall–Kier alpha value is -2.14. The molecule has 1 aliphatic heterocycles. The molecule has 0 bridgehead atoms. The van der Waals surface area contributed by atoms with Crippen LogP contribution in [0.15, 0.2) is 36.5 Å². The Morgan fingerprint density at radius 3 is 3.00 bits per heavy atom. The van der Waals surface area contributed by atoms with E-state index in [0.29, 0.717) is 12.0 Å². The molecule has 1 aliphatic carbocycles. The van der Waals surface area contributed by atoms with Crippen LogP contribution < -0.4 is 10.1 Å². The van der Waals surface area contributed by atoms with E-state index in [2.05, 4.69) is 33.4 Å². The molecule has 25 heavy (non-hydrogen) atoms. The lowest BCUT2D eigenvalue weighted by molar-refractivity contribution is 0.208. The number of methoxy groups -OCH3 is 1. The number of nitrogens with one attached hydrogen (secondary N) is 1. The summed E-state index contributed by atoms with van der Waals surface area (Å²) in [6, 6.07) is 10.8. The monoisotopic (exact) mass is 338 g/mol. The van der Waals surface area contributed by atoms with E-state index in [1.807, 2.05) is 18.3 Å². The maximum absolute atomic E-state index is 5.33. The molecule has 0 radical (unpaired) electrons. The van der Waals surface area contributed by atoms with Crippen molar-refractivity contribution in [1.82, 2.24) is 14.9 Å². The van der Waals surface area contributed by atoms with Crippen LogP contribution in [0.4, 0.5) is 5.82 Å². The molecule has 5 nitrogen and oxygen atoms in total. The Labute approximate surface area is 149 Å². The maximum atomic E-state index is 5.33.